The van der Waals surface area contributed by atoms with Gasteiger partial charge < -0.3 is 10.6 Å². The van der Waals surface area contributed by atoms with Gasteiger partial charge in [-0.25, -0.2) is 4.39 Å². The van der Waals surface area contributed by atoms with Crippen LogP contribution in [0.5, 0.6) is 0 Å². The third-order valence-corrected chi connectivity index (χ3v) is 4.71. The number of halogens is 1. The second-order valence-corrected chi connectivity index (χ2v) is 6.18. The summed E-state index contributed by atoms with van der Waals surface area (Å²) in [5.74, 6) is 0.975. The summed E-state index contributed by atoms with van der Waals surface area (Å²) in [4.78, 5) is 2.48. The Kier molecular flexibility index (Phi) is 5.55. The lowest BCUT2D eigenvalue weighted by Crippen LogP contribution is -2.39. The van der Waals surface area contributed by atoms with Gasteiger partial charge >= 0.3 is 0 Å². The summed E-state index contributed by atoms with van der Waals surface area (Å²) in [6.07, 6.45) is 3.87. The van der Waals surface area contributed by atoms with E-state index in [0.717, 1.165) is 25.6 Å². The first-order valence-electron chi connectivity index (χ1n) is 7.84. The maximum Gasteiger partial charge on any atom is 0.127 e. The molecule has 2 N–H and O–H groups in total. The van der Waals surface area contributed by atoms with Crippen LogP contribution in [0.1, 0.15) is 44.7 Å². The van der Waals surface area contributed by atoms with Gasteiger partial charge in [-0.1, -0.05) is 38.5 Å². The van der Waals surface area contributed by atoms with Crippen molar-refractivity contribution in [2.75, 3.05) is 19.6 Å². The Balaban J connectivity index is 1.89. The van der Waals surface area contributed by atoms with Crippen molar-refractivity contribution in [2.45, 2.75) is 39.2 Å². The average molecular weight is 278 g/mol. The molecule has 0 aromatic heterocycles. The van der Waals surface area contributed by atoms with Crippen LogP contribution in [0.25, 0.3) is 0 Å². The summed E-state index contributed by atoms with van der Waals surface area (Å²) < 4.78 is 13.8. The molecule has 1 aliphatic heterocycles. The molecule has 0 radical (unpaired) electrons. The van der Waals surface area contributed by atoms with E-state index in [1.165, 1.54) is 25.3 Å². The van der Waals surface area contributed by atoms with Gasteiger partial charge in [0.05, 0.1) is 0 Å². The Bertz CT molecular complexity index is 413. The molecule has 3 heteroatoms. The standard InChI is InChI=1S/C17H27FN2/c1-3-14-8-10-20(11-9-14)12-13(2)17(19)15-6-4-5-7-16(15)18/h4-7,13-14,17H,3,8-12,19H2,1-2H3. The molecule has 0 aliphatic carbocycles. The smallest absolute Gasteiger partial charge is 0.127 e. The molecular weight excluding hydrogens is 251 g/mol. The molecule has 1 aromatic rings. The monoisotopic (exact) mass is 278 g/mol. The Morgan fingerprint density at radius 2 is 1.95 bits per heavy atom. The van der Waals surface area contributed by atoms with E-state index in [9.17, 15) is 4.39 Å². The minimum Gasteiger partial charge on any atom is -0.324 e. The summed E-state index contributed by atoms with van der Waals surface area (Å²) >= 11 is 0. The molecule has 0 saturated carbocycles. The predicted molar refractivity (Wildman–Crippen MR) is 81.9 cm³/mol. The van der Waals surface area contributed by atoms with Crippen molar-refractivity contribution in [3.05, 3.63) is 35.6 Å². The van der Waals surface area contributed by atoms with Crippen molar-refractivity contribution in [1.29, 1.82) is 0 Å². The molecule has 2 atom stereocenters. The van der Waals surface area contributed by atoms with Gasteiger partial charge in [0.1, 0.15) is 5.82 Å². The lowest BCUT2D eigenvalue weighted by Gasteiger charge is -2.34. The number of rotatable bonds is 5. The van der Waals surface area contributed by atoms with E-state index in [4.69, 9.17) is 5.73 Å². The topological polar surface area (TPSA) is 29.3 Å². The fourth-order valence-electron chi connectivity index (χ4n) is 3.15. The largest absolute Gasteiger partial charge is 0.324 e. The highest BCUT2D eigenvalue weighted by Crippen LogP contribution is 2.25. The molecule has 2 rings (SSSR count). The average Bonchev–Trinajstić information content (AvgIpc) is 2.48. The third-order valence-electron chi connectivity index (χ3n) is 4.71. The zero-order chi connectivity index (χ0) is 14.5. The molecule has 0 spiro atoms. The van der Waals surface area contributed by atoms with Crippen LogP contribution < -0.4 is 5.73 Å². The number of hydrogen-bond acceptors (Lipinski definition) is 2. The molecule has 1 heterocycles. The van der Waals surface area contributed by atoms with Gasteiger partial charge in [0.2, 0.25) is 0 Å². The van der Waals surface area contributed by atoms with E-state index in [0.29, 0.717) is 5.56 Å². The second-order valence-electron chi connectivity index (χ2n) is 6.18. The number of nitrogens with zero attached hydrogens (tertiary/aromatic N) is 1. The molecule has 1 aliphatic rings. The van der Waals surface area contributed by atoms with Crippen molar-refractivity contribution in [1.82, 2.24) is 4.90 Å². The van der Waals surface area contributed by atoms with Crippen molar-refractivity contribution < 1.29 is 4.39 Å². The molecule has 1 fully saturated rings. The van der Waals surface area contributed by atoms with Crippen LogP contribution in [0.2, 0.25) is 0 Å². The van der Waals surface area contributed by atoms with E-state index in [2.05, 4.69) is 18.7 Å². The summed E-state index contributed by atoms with van der Waals surface area (Å²) in [6, 6.07) is 6.65. The first-order valence-corrected chi connectivity index (χ1v) is 7.84. The highest BCUT2D eigenvalue weighted by atomic mass is 19.1. The predicted octanol–water partition coefficient (Wildman–Crippen LogP) is 3.58. The summed E-state index contributed by atoms with van der Waals surface area (Å²) in [7, 11) is 0. The molecule has 20 heavy (non-hydrogen) atoms. The highest BCUT2D eigenvalue weighted by molar-refractivity contribution is 5.21. The fraction of sp³-hybridized carbons (Fsp3) is 0.647. The summed E-state index contributed by atoms with van der Waals surface area (Å²) in [5, 5.41) is 0. The Morgan fingerprint density at radius 3 is 2.55 bits per heavy atom. The quantitative estimate of drug-likeness (QED) is 0.892. The van der Waals surface area contributed by atoms with Crippen molar-refractivity contribution in [3.63, 3.8) is 0 Å². The van der Waals surface area contributed by atoms with E-state index >= 15 is 0 Å². The van der Waals surface area contributed by atoms with E-state index in [-0.39, 0.29) is 17.8 Å². The molecule has 2 unspecified atom stereocenters. The SMILES string of the molecule is CCC1CCN(CC(C)C(N)c2ccccc2F)CC1. The first kappa shape index (κ1) is 15.5. The molecule has 1 aromatic carbocycles. The number of hydrogen-bond donors (Lipinski definition) is 1. The molecule has 0 bridgehead atoms. The summed E-state index contributed by atoms with van der Waals surface area (Å²) in [6.45, 7) is 7.69. The lowest BCUT2D eigenvalue weighted by molar-refractivity contribution is 0.154. The van der Waals surface area contributed by atoms with Gasteiger partial charge in [-0.05, 0) is 43.8 Å². The Hall–Kier alpha value is -0.930. The van der Waals surface area contributed by atoms with Gasteiger partial charge in [-0.3, -0.25) is 0 Å². The molecule has 0 amide bonds. The third kappa shape index (κ3) is 3.80. The van der Waals surface area contributed by atoms with Gasteiger partial charge in [-0.2, -0.15) is 0 Å². The highest BCUT2D eigenvalue weighted by Gasteiger charge is 2.23. The zero-order valence-electron chi connectivity index (χ0n) is 12.7. The minimum absolute atomic E-state index is 0.184. The zero-order valence-corrected chi connectivity index (χ0v) is 12.7. The van der Waals surface area contributed by atoms with Crippen molar-refractivity contribution >= 4 is 0 Å². The lowest BCUT2D eigenvalue weighted by atomic mass is 9.91. The number of likely N-dealkylation sites (tertiary alicyclic amines) is 1. The molecule has 2 nitrogen and oxygen atoms in total. The maximum absolute atomic E-state index is 13.8. The van der Waals surface area contributed by atoms with Crippen LogP contribution in [0.15, 0.2) is 24.3 Å². The van der Waals surface area contributed by atoms with Gasteiger partial charge in [0.25, 0.3) is 0 Å². The molecular formula is C17H27FN2. The van der Waals surface area contributed by atoms with Crippen LogP contribution in [0.3, 0.4) is 0 Å². The molecule has 1 saturated heterocycles. The van der Waals surface area contributed by atoms with Crippen molar-refractivity contribution in [2.24, 2.45) is 17.6 Å². The van der Waals surface area contributed by atoms with E-state index in [1.807, 2.05) is 6.07 Å². The fourth-order valence-corrected chi connectivity index (χ4v) is 3.15. The van der Waals surface area contributed by atoms with Gasteiger partial charge in [0.15, 0.2) is 0 Å². The van der Waals surface area contributed by atoms with E-state index < -0.39 is 0 Å². The maximum atomic E-state index is 13.8. The Labute approximate surface area is 122 Å². The van der Waals surface area contributed by atoms with Crippen LogP contribution >= 0.6 is 0 Å². The summed E-state index contributed by atoms with van der Waals surface area (Å²) in [5.41, 5.74) is 6.89. The van der Waals surface area contributed by atoms with Crippen LogP contribution in [-0.2, 0) is 0 Å². The number of nitrogens with two attached hydrogens (primary N) is 1. The van der Waals surface area contributed by atoms with Crippen molar-refractivity contribution in [3.8, 4) is 0 Å². The first-order chi connectivity index (χ1) is 9.61. The number of benzene rings is 1. The minimum atomic E-state index is -0.222. The van der Waals surface area contributed by atoms with Crippen LogP contribution in [0.4, 0.5) is 4.39 Å². The van der Waals surface area contributed by atoms with Gasteiger partial charge in [-0.15, -0.1) is 0 Å². The number of piperidine rings is 1. The Morgan fingerprint density at radius 1 is 1.30 bits per heavy atom. The molecule has 112 valence electrons. The van der Waals surface area contributed by atoms with E-state index in [1.54, 1.807) is 12.1 Å². The second kappa shape index (κ2) is 7.19. The normalized spacial score (nSPS) is 20.8. The van der Waals surface area contributed by atoms with Crippen LogP contribution in [0, 0.1) is 17.7 Å². The van der Waals surface area contributed by atoms with Crippen LogP contribution in [-0.4, -0.2) is 24.5 Å². The van der Waals surface area contributed by atoms with Gasteiger partial charge in [0, 0.05) is 18.2 Å².